The van der Waals surface area contributed by atoms with E-state index in [4.69, 9.17) is 0 Å². The predicted octanol–water partition coefficient (Wildman–Crippen LogP) is 2.25. The third-order valence-electron chi connectivity index (χ3n) is 4.53. The number of benzene rings is 1. The van der Waals surface area contributed by atoms with Crippen molar-refractivity contribution in [3.05, 3.63) is 47.8 Å². The van der Waals surface area contributed by atoms with E-state index in [1.807, 2.05) is 31.3 Å². The first-order chi connectivity index (χ1) is 11.8. The minimum atomic E-state index is -0.491. The van der Waals surface area contributed by atoms with Gasteiger partial charge in [-0.15, -0.1) is 0 Å². The summed E-state index contributed by atoms with van der Waals surface area (Å²) in [5.41, 5.74) is 2.55. The standard InChI is InChI=1S/C19H24N4O2/c1-19(2,3)14-7-5-13(6-8-14)17(24)21-16-9-10-23(18(16)25)15-11-20-22(4)12-15/h5-8,11-12,16H,9-10H2,1-4H3,(H,21,24). The lowest BCUT2D eigenvalue weighted by molar-refractivity contribution is -0.118. The Balaban J connectivity index is 1.66. The lowest BCUT2D eigenvalue weighted by atomic mass is 9.86. The van der Waals surface area contributed by atoms with Crippen LogP contribution in [0.3, 0.4) is 0 Å². The molecule has 2 amide bonds. The number of aromatic nitrogens is 2. The van der Waals surface area contributed by atoms with Crippen molar-refractivity contribution in [1.82, 2.24) is 15.1 Å². The summed E-state index contributed by atoms with van der Waals surface area (Å²) in [5.74, 6) is -0.306. The maximum atomic E-state index is 12.5. The van der Waals surface area contributed by atoms with Crippen molar-refractivity contribution in [3.8, 4) is 0 Å². The van der Waals surface area contributed by atoms with Gasteiger partial charge in [0.25, 0.3) is 5.91 Å². The van der Waals surface area contributed by atoms with Crippen molar-refractivity contribution in [2.45, 2.75) is 38.6 Å². The molecular formula is C19H24N4O2. The first-order valence-corrected chi connectivity index (χ1v) is 8.47. The van der Waals surface area contributed by atoms with E-state index in [9.17, 15) is 9.59 Å². The van der Waals surface area contributed by atoms with Crippen molar-refractivity contribution in [3.63, 3.8) is 0 Å². The summed E-state index contributed by atoms with van der Waals surface area (Å²) in [6.07, 6.45) is 4.06. The number of aryl methyl sites for hydroxylation is 1. The number of amides is 2. The average Bonchev–Trinajstić information content (AvgIpc) is 3.13. The van der Waals surface area contributed by atoms with Gasteiger partial charge in [0.2, 0.25) is 5.91 Å². The molecule has 3 rings (SSSR count). The molecule has 2 aromatic rings. The van der Waals surface area contributed by atoms with E-state index < -0.39 is 6.04 Å². The Bertz CT molecular complexity index is 787. The summed E-state index contributed by atoms with van der Waals surface area (Å²) in [4.78, 5) is 26.7. The smallest absolute Gasteiger partial charge is 0.251 e. The number of rotatable bonds is 3. The van der Waals surface area contributed by atoms with Crippen LogP contribution in [0.5, 0.6) is 0 Å². The lowest BCUT2D eigenvalue weighted by Crippen LogP contribution is -2.41. The Morgan fingerprint density at radius 1 is 1.24 bits per heavy atom. The van der Waals surface area contributed by atoms with Gasteiger partial charge in [0.05, 0.1) is 11.9 Å². The predicted molar refractivity (Wildman–Crippen MR) is 96.6 cm³/mol. The second-order valence-corrected chi connectivity index (χ2v) is 7.50. The first-order valence-electron chi connectivity index (χ1n) is 8.47. The molecule has 0 spiro atoms. The number of hydrogen-bond acceptors (Lipinski definition) is 3. The lowest BCUT2D eigenvalue weighted by Gasteiger charge is -2.19. The van der Waals surface area contributed by atoms with Gasteiger partial charge in [-0.3, -0.25) is 14.3 Å². The van der Waals surface area contributed by atoms with Gasteiger partial charge >= 0.3 is 0 Å². The fourth-order valence-electron chi connectivity index (χ4n) is 2.98. The summed E-state index contributed by atoms with van der Waals surface area (Å²) in [6.45, 7) is 6.98. The summed E-state index contributed by atoms with van der Waals surface area (Å²) in [7, 11) is 1.81. The molecule has 1 aliphatic heterocycles. The highest BCUT2D eigenvalue weighted by Crippen LogP contribution is 2.23. The Hall–Kier alpha value is -2.63. The highest BCUT2D eigenvalue weighted by atomic mass is 16.2. The fourth-order valence-corrected chi connectivity index (χ4v) is 2.98. The molecule has 0 bridgehead atoms. The molecule has 1 atom stereocenters. The van der Waals surface area contributed by atoms with Gasteiger partial charge in [0.1, 0.15) is 6.04 Å². The third-order valence-corrected chi connectivity index (χ3v) is 4.53. The molecule has 25 heavy (non-hydrogen) atoms. The molecule has 1 fully saturated rings. The summed E-state index contributed by atoms with van der Waals surface area (Å²) in [6, 6.07) is 7.07. The molecule has 0 saturated carbocycles. The topological polar surface area (TPSA) is 67.2 Å². The molecular weight excluding hydrogens is 316 g/mol. The van der Waals surface area contributed by atoms with Crippen molar-refractivity contribution in [1.29, 1.82) is 0 Å². The number of hydrogen-bond donors (Lipinski definition) is 1. The molecule has 0 aliphatic carbocycles. The van der Waals surface area contributed by atoms with Crippen LogP contribution in [0.15, 0.2) is 36.7 Å². The molecule has 0 radical (unpaired) electrons. The van der Waals surface area contributed by atoms with Gasteiger partial charge < -0.3 is 10.2 Å². The second kappa shape index (κ2) is 6.35. The van der Waals surface area contributed by atoms with Crippen LogP contribution in [0.1, 0.15) is 43.1 Å². The van der Waals surface area contributed by atoms with E-state index in [0.717, 1.165) is 5.69 Å². The van der Waals surface area contributed by atoms with Crippen molar-refractivity contribution in [2.75, 3.05) is 11.4 Å². The largest absolute Gasteiger partial charge is 0.340 e. The highest BCUT2D eigenvalue weighted by Gasteiger charge is 2.34. The van der Waals surface area contributed by atoms with E-state index in [-0.39, 0.29) is 17.2 Å². The number of nitrogens with zero attached hydrogens (tertiary/aromatic N) is 3. The summed E-state index contributed by atoms with van der Waals surface area (Å²) >= 11 is 0. The Kier molecular flexibility index (Phi) is 4.37. The third kappa shape index (κ3) is 3.57. The van der Waals surface area contributed by atoms with Crippen molar-refractivity contribution < 1.29 is 9.59 Å². The van der Waals surface area contributed by atoms with Gasteiger partial charge in [-0.2, -0.15) is 5.10 Å². The summed E-state index contributed by atoms with van der Waals surface area (Å²) < 4.78 is 1.66. The van der Waals surface area contributed by atoms with Gasteiger partial charge in [-0.1, -0.05) is 32.9 Å². The number of anilines is 1. The molecule has 1 N–H and O–H groups in total. The Morgan fingerprint density at radius 3 is 2.48 bits per heavy atom. The van der Waals surface area contributed by atoms with Crippen LogP contribution < -0.4 is 10.2 Å². The van der Waals surface area contributed by atoms with E-state index in [1.54, 1.807) is 22.0 Å². The minimum absolute atomic E-state index is 0.0423. The van der Waals surface area contributed by atoms with Crippen LogP contribution in [0.2, 0.25) is 0 Å². The quantitative estimate of drug-likeness (QED) is 0.932. The number of carbonyl (C=O) groups is 2. The zero-order valence-electron chi connectivity index (χ0n) is 15.1. The van der Waals surface area contributed by atoms with Crippen molar-refractivity contribution >= 4 is 17.5 Å². The fraction of sp³-hybridized carbons (Fsp3) is 0.421. The van der Waals surface area contributed by atoms with Gasteiger partial charge in [-0.25, -0.2) is 0 Å². The van der Waals surface area contributed by atoms with Crippen LogP contribution in [0, 0.1) is 0 Å². The van der Waals surface area contributed by atoms with Gasteiger partial charge in [0.15, 0.2) is 0 Å². The van der Waals surface area contributed by atoms with E-state index in [1.165, 1.54) is 5.56 Å². The molecule has 6 nitrogen and oxygen atoms in total. The van der Waals surface area contributed by atoms with Crippen LogP contribution in [0.4, 0.5) is 5.69 Å². The van der Waals surface area contributed by atoms with Crippen LogP contribution in [-0.2, 0) is 17.3 Å². The monoisotopic (exact) mass is 340 g/mol. The Morgan fingerprint density at radius 2 is 1.92 bits per heavy atom. The van der Waals surface area contributed by atoms with E-state index in [2.05, 4.69) is 31.2 Å². The van der Waals surface area contributed by atoms with Crippen molar-refractivity contribution in [2.24, 2.45) is 7.05 Å². The van der Waals surface area contributed by atoms with E-state index >= 15 is 0 Å². The van der Waals surface area contributed by atoms with Crippen LogP contribution in [-0.4, -0.2) is 34.2 Å². The molecule has 1 aliphatic rings. The highest BCUT2D eigenvalue weighted by molar-refractivity contribution is 6.03. The SMILES string of the molecule is Cn1cc(N2CCC(NC(=O)c3ccc(C(C)(C)C)cc3)C2=O)cn1. The zero-order valence-corrected chi connectivity index (χ0v) is 15.1. The minimum Gasteiger partial charge on any atom is -0.340 e. The second-order valence-electron chi connectivity index (χ2n) is 7.50. The molecule has 1 aromatic carbocycles. The van der Waals surface area contributed by atoms with Crippen LogP contribution in [0.25, 0.3) is 0 Å². The maximum absolute atomic E-state index is 12.5. The number of nitrogens with one attached hydrogen (secondary N) is 1. The maximum Gasteiger partial charge on any atom is 0.251 e. The normalized spacial score (nSPS) is 17.8. The average molecular weight is 340 g/mol. The molecule has 132 valence electrons. The first kappa shape index (κ1) is 17.2. The molecule has 1 saturated heterocycles. The summed E-state index contributed by atoms with van der Waals surface area (Å²) in [5, 5.41) is 6.94. The zero-order chi connectivity index (χ0) is 18.2. The van der Waals surface area contributed by atoms with Crippen LogP contribution >= 0.6 is 0 Å². The number of carbonyl (C=O) groups excluding carboxylic acids is 2. The Labute approximate surface area is 147 Å². The molecule has 2 heterocycles. The van der Waals surface area contributed by atoms with Gasteiger partial charge in [0, 0.05) is 25.4 Å². The van der Waals surface area contributed by atoms with E-state index in [0.29, 0.717) is 18.5 Å². The molecule has 6 heteroatoms. The molecule has 1 unspecified atom stereocenters. The van der Waals surface area contributed by atoms with Gasteiger partial charge in [-0.05, 0) is 29.5 Å². The molecule has 1 aromatic heterocycles.